The lowest BCUT2D eigenvalue weighted by Gasteiger charge is -2.07. The Labute approximate surface area is 112 Å². The van der Waals surface area contributed by atoms with Gasteiger partial charge in [-0.25, -0.2) is 4.98 Å². The van der Waals surface area contributed by atoms with Gasteiger partial charge in [-0.3, -0.25) is 0 Å². The van der Waals surface area contributed by atoms with E-state index in [0.29, 0.717) is 0 Å². The lowest BCUT2D eigenvalue weighted by atomic mass is 10.1. The van der Waals surface area contributed by atoms with Crippen molar-refractivity contribution < 1.29 is 0 Å². The number of hydrogen-bond acceptors (Lipinski definition) is 2. The number of nitrogens with one attached hydrogen (secondary N) is 1. The summed E-state index contributed by atoms with van der Waals surface area (Å²) in [6, 6.07) is 8.66. The highest BCUT2D eigenvalue weighted by Crippen LogP contribution is 2.21. The number of rotatable bonds is 4. The maximum atomic E-state index is 4.17. The molecular weight excluding hydrogens is 236 g/mol. The molecule has 3 rings (SSSR count). The smallest absolute Gasteiger partial charge is 0.0946 e. The van der Waals surface area contributed by atoms with Crippen LogP contribution in [0.3, 0.4) is 0 Å². The summed E-state index contributed by atoms with van der Waals surface area (Å²) in [7, 11) is 4.01. The summed E-state index contributed by atoms with van der Waals surface area (Å²) in [5.74, 6) is 0. The van der Waals surface area contributed by atoms with Gasteiger partial charge in [0.05, 0.1) is 18.6 Å². The van der Waals surface area contributed by atoms with Gasteiger partial charge in [0.2, 0.25) is 0 Å². The Kier molecular flexibility index (Phi) is 3.09. The number of nitrogens with zero attached hydrogens (tertiary/aromatic N) is 3. The van der Waals surface area contributed by atoms with Crippen LogP contribution in [0.15, 0.2) is 43.0 Å². The predicted octanol–water partition coefficient (Wildman–Crippen LogP) is 2.14. The molecule has 0 aliphatic rings. The van der Waals surface area contributed by atoms with Gasteiger partial charge >= 0.3 is 0 Å². The third-order valence-electron chi connectivity index (χ3n) is 3.52. The number of aryl methyl sites for hydroxylation is 1. The van der Waals surface area contributed by atoms with Crippen LogP contribution in [0.4, 0.5) is 0 Å². The zero-order valence-electron chi connectivity index (χ0n) is 11.3. The van der Waals surface area contributed by atoms with Crippen molar-refractivity contribution in [2.24, 2.45) is 7.05 Å². The maximum absolute atomic E-state index is 4.17. The monoisotopic (exact) mass is 254 g/mol. The quantitative estimate of drug-likeness (QED) is 0.774. The molecule has 2 heterocycles. The Bertz CT molecular complexity index is 693. The average Bonchev–Trinajstić information content (AvgIpc) is 2.99. The topological polar surface area (TPSA) is 34.8 Å². The molecule has 0 atom stereocenters. The molecule has 1 aromatic carbocycles. The molecule has 3 aromatic rings. The van der Waals surface area contributed by atoms with Crippen LogP contribution in [0.2, 0.25) is 0 Å². The van der Waals surface area contributed by atoms with Gasteiger partial charge in [0.25, 0.3) is 0 Å². The second-order valence-electron chi connectivity index (χ2n) is 4.82. The first kappa shape index (κ1) is 12.0. The molecule has 0 saturated heterocycles. The molecule has 0 aliphatic carbocycles. The average molecular weight is 254 g/mol. The van der Waals surface area contributed by atoms with Crippen LogP contribution in [0, 0.1) is 0 Å². The summed E-state index contributed by atoms with van der Waals surface area (Å²) in [6.45, 7) is 1.75. The number of aromatic nitrogens is 3. The second kappa shape index (κ2) is 4.90. The van der Waals surface area contributed by atoms with Gasteiger partial charge in [0.1, 0.15) is 0 Å². The standard InChI is InChI=1S/C15H18N4/c1-16-8-12-4-3-5-15-14(12)6-7-19(15)10-13-9-17-11-18(13)2/h3-7,9,11,16H,8,10H2,1-2H3. The fraction of sp³-hybridized carbons (Fsp3) is 0.267. The van der Waals surface area contributed by atoms with Gasteiger partial charge in [-0.2, -0.15) is 0 Å². The van der Waals surface area contributed by atoms with Crippen molar-refractivity contribution in [1.82, 2.24) is 19.4 Å². The summed E-state index contributed by atoms with van der Waals surface area (Å²) in [6.07, 6.45) is 5.91. The molecule has 1 N–H and O–H groups in total. The lowest BCUT2D eigenvalue weighted by Crippen LogP contribution is -2.06. The van der Waals surface area contributed by atoms with E-state index >= 15 is 0 Å². The Balaban J connectivity index is 2.01. The summed E-state index contributed by atoms with van der Waals surface area (Å²) >= 11 is 0. The van der Waals surface area contributed by atoms with Crippen LogP contribution < -0.4 is 5.32 Å². The highest BCUT2D eigenvalue weighted by molar-refractivity contribution is 5.83. The van der Waals surface area contributed by atoms with E-state index in [1.165, 1.54) is 22.2 Å². The molecule has 0 bridgehead atoms. The predicted molar refractivity (Wildman–Crippen MR) is 77.0 cm³/mol. The van der Waals surface area contributed by atoms with E-state index in [1.807, 2.05) is 26.6 Å². The molecule has 2 aromatic heterocycles. The van der Waals surface area contributed by atoms with Crippen molar-refractivity contribution in [3.63, 3.8) is 0 Å². The second-order valence-corrected chi connectivity index (χ2v) is 4.82. The first-order chi connectivity index (χ1) is 9.29. The molecule has 0 fully saturated rings. The van der Waals surface area contributed by atoms with Crippen LogP contribution in [0.1, 0.15) is 11.3 Å². The minimum Gasteiger partial charge on any atom is -0.341 e. The number of hydrogen-bond donors (Lipinski definition) is 1. The van der Waals surface area contributed by atoms with Gasteiger partial charge in [-0.15, -0.1) is 0 Å². The fourth-order valence-electron chi connectivity index (χ4n) is 2.48. The van der Waals surface area contributed by atoms with E-state index in [2.05, 4.69) is 49.9 Å². The molecule has 0 amide bonds. The minimum absolute atomic E-state index is 0.850. The zero-order chi connectivity index (χ0) is 13.2. The molecule has 0 spiro atoms. The molecule has 0 saturated carbocycles. The SMILES string of the molecule is CNCc1cccc2c1ccn2Cc1cncn1C. The third-order valence-corrected chi connectivity index (χ3v) is 3.52. The van der Waals surface area contributed by atoms with E-state index in [4.69, 9.17) is 0 Å². The van der Waals surface area contributed by atoms with Crippen molar-refractivity contribution >= 4 is 10.9 Å². The summed E-state index contributed by atoms with van der Waals surface area (Å²) in [5, 5.41) is 4.54. The van der Waals surface area contributed by atoms with Gasteiger partial charge < -0.3 is 14.5 Å². The fourth-order valence-corrected chi connectivity index (χ4v) is 2.48. The third kappa shape index (κ3) is 2.15. The van der Waals surface area contributed by atoms with E-state index in [9.17, 15) is 0 Å². The first-order valence-corrected chi connectivity index (χ1v) is 6.46. The summed E-state index contributed by atoms with van der Waals surface area (Å²) in [4.78, 5) is 4.17. The molecule has 0 unspecified atom stereocenters. The van der Waals surface area contributed by atoms with Crippen LogP contribution in [-0.2, 0) is 20.1 Å². The Hall–Kier alpha value is -2.07. The van der Waals surface area contributed by atoms with Gasteiger partial charge in [-0.1, -0.05) is 12.1 Å². The highest BCUT2D eigenvalue weighted by atomic mass is 15.1. The lowest BCUT2D eigenvalue weighted by molar-refractivity contribution is 0.743. The molecular formula is C15H18N4. The summed E-state index contributed by atoms with van der Waals surface area (Å²) in [5.41, 5.74) is 3.81. The van der Waals surface area contributed by atoms with Crippen molar-refractivity contribution in [2.45, 2.75) is 13.1 Å². The first-order valence-electron chi connectivity index (χ1n) is 6.46. The summed E-state index contributed by atoms with van der Waals surface area (Å²) < 4.78 is 4.33. The number of fused-ring (bicyclic) bond motifs is 1. The van der Waals surface area contributed by atoms with E-state index in [0.717, 1.165) is 13.1 Å². The Morgan fingerprint density at radius 2 is 2.16 bits per heavy atom. The minimum atomic E-state index is 0.850. The maximum Gasteiger partial charge on any atom is 0.0946 e. The van der Waals surface area contributed by atoms with Gasteiger partial charge in [-0.05, 0) is 24.7 Å². The molecule has 0 aliphatic heterocycles. The highest BCUT2D eigenvalue weighted by Gasteiger charge is 2.06. The van der Waals surface area contributed by atoms with Crippen LogP contribution in [0.25, 0.3) is 10.9 Å². The molecule has 19 heavy (non-hydrogen) atoms. The Morgan fingerprint density at radius 1 is 1.26 bits per heavy atom. The Morgan fingerprint density at radius 3 is 2.89 bits per heavy atom. The molecule has 0 radical (unpaired) electrons. The molecule has 98 valence electrons. The van der Waals surface area contributed by atoms with Crippen molar-refractivity contribution in [3.05, 3.63) is 54.2 Å². The van der Waals surface area contributed by atoms with Gasteiger partial charge in [0, 0.05) is 36.9 Å². The normalized spacial score (nSPS) is 11.3. The number of imidazole rings is 1. The van der Waals surface area contributed by atoms with E-state index in [1.54, 1.807) is 0 Å². The van der Waals surface area contributed by atoms with Gasteiger partial charge in [0.15, 0.2) is 0 Å². The van der Waals surface area contributed by atoms with Crippen molar-refractivity contribution in [1.29, 1.82) is 0 Å². The molecule has 4 heteroatoms. The molecule has 4 nitrogen and oxygen atoms in total. The van der Waals surface area contributed by atoms with E-state index in [-0.39, 0.29) is 0 Å². The van der Waals surface area contributed by atoms with E-state index < -0.39 is 0 Å². The van der Waals surface area contributed by atoms with Crippen LogP contribution in [0.5, 0.6) is 0 Å². The largest absolute Gasteiger partial charge is 0.341 e. The van der Waals surface area contributed by atoms with Crippen LogP contribution in [-0.4, -0.2) is 21.2 Å². The van der Waals surface area contributed by atoms with Crippen LogP contribution >= 0.6 is 0 Å². The number of benzene rings is 1. The zero-order valence-corrected chi connectivity index (χ0v) is 11.3. The van der Waals surface area contributed by atoms with Crippen molar-refractivity contribution in [2.75, 3.05) is 7.05 Å². The van der Waals surface area contributed by atoms with Crippen molar-refractivity contribution in [3.8, 4) is 0 Å².